The average Bonchev–Trinajstić information content (AvgIpc) is 3.54. The normalized spacial score (nSPS) is 34.4. The van der Waals surface area contributed by atoms with Crippen LogP contribution < -0.4 is 0 Å². The van der Waals surface area contributed by atoms with Crippen LogP contribution in [0.3, 0.4) is 0 Å². The Bertz CT molecular complexity index is 1890. The zero-order chi connectivity index (χ0) is 64.7. The predicted octanol–water partition coefficient (Wildman–Crippen LogP) is 10.4. The molecule has 3 fully saturated rings. The van der Waals surface area contributed by atoms with E-state index >= 15 is 0 Å². The lowest BCUT2D eigenvalue weighted by molar-refractivity contribution is -0.318. The number of ether oxygens (including phenoxy) is 6. The van der Waals surface area contributed by atoms with Gasteiger partial charge in [0.1, 0.15) is 29.7 Å². The van der Waals surface area contributed by atoms with Crippen molar-refractivity contribution in [1.29, 1.82) is 0 Å². The standard InChI is InChI=1S/C37H67NO13.C24H50O4S.C3H6O2/c1-14-25-37(10,45)30(41)20(4)27(39)18(2)16-35(8,44)32(51-34-28(40)24(38(11)12)15-19(3)47-34)21(5)29(22(6)33(43)49-25)50-26-17-36(9,46-13)31(42)23(7)48-26;1-3-5-7-9-11-13-15-17-19-21-23-27-29(25,26)28-24-22-20-18-16-14-12-10-8-6-4-2;1-2-3(4)5/h18-26,28-32,34,40-42,44-45H,14-17H2,1-13H3;3-24H2,1-2H3;2H2,1H3,(H,4,5)/t18-,19-,20+,21+,22-,23+,24+,25-,26+,28-,29+,30-,31+,32-,34+,35-,36-,37-;;/m1../s1. The Hall–Kier alpha value is -1.96. The third-order valence-corrected chi connectivity index (χ3v) is 18.5. The van der Waals surface area contributed by atoms with Crippen LogP contribution in [0, 0.1) is 23.7 Å². The van der Waals surface area contributed by atoms with Gasteiger partial charge in [0.05, 0.1) is 60.9 Å². The molecule has 85 heavy (non-hydrogen) atoms. The summed E-state index contributed by atoms with van der Waals surface area (Å²) in [7, 11) is 1.37. The van der Waals surface area contributed by atoms with Crippen LogP contribution in [-0.4, -0.2) is 180 Å². The largest absolute Gasteiger partial charge is 0.481 e. The van der Waals surface area contributed by atoms with E-state index < -0.39 is 124 Å². The Morgan fingerprint density at radius 1 is 0.671 bits per heavy atom. The van der Waals surface area contributed by atoms with Gasteiger partial charge in [-0.2, -0.15) is 8.42 Å². The predicted molar refractivity (Wildman–Crippen MR) is 329 cm³/mol. The second-order valence-electron chi connectivity index (χ2n) is 25.6. The average molecular weight is 1240 g/mol. The van der Waals surface area contributed by atoms with Gasteiger partial charge < -0.3 is 64.0 Å². The Morgan fingerprint density at radius 2 is 1.13 bits per heavy atom. The number of carbonyl (C=O) groups is 3. The van der Waals surface area contributed by atoms with Crippen LogP contribution in [0.4, 0.5) is 0 Å². The number of hydrogen-bond acceptors (Lipinski definition) is 19. The highest BCUT2D eigenvalue weighted by molar-refractivity contribution is 7.81. The number of carboxylic acid groups (broad SMARTS) is 1. The number of carboxylic acids is 1. The maximum Gasteiger partial charge on any atom is 0.399 e. The Morgan fingerprint density at radius 3 is 1.55 bits per heavy atom. The van der Waals surface area contributed by atoms with Crippen molar-refractivity contribution < 1.29 is 90.2 Å². The highest BCUT2D eigenvalue weighted by Crippen LogP contribution is 2.41. The first kappa shape index (κ1) is 81.1. The summed E-state index contributed by atoms with van der Waals surface area (Å²) in [6.07, 6.45) is 15.0. The third kappa shape index (κ3) is 28.8. The molecule has 0 spiro atoms. The zero-order valence-corrected chi connectivity index (χ0v) is 56.4. The molecule has 504 valence electrons. The van der Waals surface area contributed by atoms with Gasteiger partial charge in [-0.25, -0.2) is 8.37 Å². The van der Waals surface area contributed by atoms with Crippen LogP contribution in [0.2, 0.25) is 0 Å². The maximum atomic E-state index is 14.1. The van der Waals surface area contributed by atoms with Gasteiger partial charge in [0.25, 0.3) is 0 Å². The quantitative estimate of drug-likeness (QED) is 0.0270. The summed E-state index contributed by atoms with van der Waals surface area (Å²) in [4.78, 5) is 39.1. The van der Waals surface area contributed by atoms with E-state index in [1.807, 2.05) is 25.9 Å². The van der Waals surface area contributed by atoms with Crippen molar-refractivity contribution >= 4 is 28.1 Å². The molecule has 0 unspecified atom stereocenters. The fourth-order valence-electron chi connectivity index (χ4n) is 11.9. The molecule has 0 aromatic carbocycles. The van der Waals surface area contributed by atoms with Gasteiger partial charge in [-0.3, -0.25) is 14.4 Å². The van der Waals surface area contributed by atoms with Crippen LogP contribution in [0.15, 0.2) is 0 Å². The molecule has 0 aliphatic carbocycles. The molecule has 18 atom stereocenters. The fraction of sp³-hybridized carbons (Fsp3) is 0.953. The highest BCUT2D eigenvalue weighted by Gasteiger charge is 2.53. The number of methoxy groups -OCH3 is 1. The van der Waals surface area contributed by atoms with Crippen molar-refractivity contribution in [3.63, 3.8) is 0 Å². The molecule has 3 rings (SSSR count). The zero-order valence-electron chi connectivity index (χ0n) is 55.6. The number of carbonyl (C=O) groups excluding carboxylic acids is 2. The number of nitrogens with zero attached hydrogens (tertiary/aromatic N) is 1. The number of ketones is 1. The van der Waals surface area contributed by atoms with E-state index in [0.29, 0.717) is 6.42 Å². The lowest BCUT2D eigenvalue weighted by Crippen LogP contribution is -2.61. The second-order valence-corrected chi connectivity index (χ2v) is 26.9. The van der Waals surface area contributed by atoms with E-state index in [1.54, 1.807) is 48.5 Å². The number of cyclic esters (lactones) is 1. The molecule has 3 aliphatic rings. The summed E-state index contributed by atoms with van der Waals surface area (Å²) in [6, 6.07) is -0.324. The first-order valence-corrected chi connectivity index (χ1v) is 34.0. The molecule has 0 aromatic heterocycles. The SMILES string of the molecule is CCC(=O)O.CCCCCCCCCCCCOS(=O)(=O)OCCCCCCCCCCCC.CC[C@H]1OC(=O)[C@H](C)[C@@H](O[C@H]2C[C@@](C)(OC)[C@@H](O)[C@H](C)O2)[C@H](C)[C@@H](O[C@@H]2O[C@H](C)C[C@H](N(C)C)[C@H]2O)[C@](C)(O)C[C@@H](C)C(=O)[C@H](C)[C@@H](O)[C@]1(C)O. The maximum absolute atomic E-state index is 14.1. The number of rotatable bonds is 32. The minimum absolute atomic E-state index is 0.0936. The van der Waals surface area contributed by atoms with Crippen LogP contribution >= 0.6 is 0 Å². The fourth-order valence-corrected chi connectivity index (χ4v) is 12.7. The number of aliphatic hydroxyl groups is 5. The number of aliphatic hydroxyl groups excluding tert-OH is 3. The highest BCUT2D eigenvalue weighted by atomic mass is 32.3. The number of likely N-dealkylation sites (N-methyl/N-ethyl adjacent to an activating group) is 1. The molecular formula is C64H123NO19S. The first-order valence-electron chi connectivity index (χ1n) is 32.6. The van der Waals surface area contributed by atoms with E-state index in [9.17, 15) is 48.3 Å². The first-order chi connectivity index (χ1) is 39.8. The van der Waals surface area contributed by atoms with Crippen LogP contribution in [-0.2, 0) is 61.6 Å². The number of esters is 1. The van der Waals surface area contributed by atoms with Crippen molar-refractivity contribution in [1.82, 2.24) is 4.90 Å². The van der Waals surface area contributed by atoms with E-state index in [0.717, 1.165) is 38.5 Å². The number of aliphatic carboxylic acids is 1. The molecule has 3 heterocycles. The molecule has 6 N–H and O–H groups in total. The minimum Gasteiger partial charge on any atom is -0.481 e. The number of Topliss-reactive ketones (excluding diaryl/α,β-unsaturated/α-hetero) is 1. The van der Waals surface area contributed by atoms with Crippen molar-refractivity contribution in [2.75, 3.05) is 34.4 Å². The molecule has 21 heteroatoms. The molecule has 3 saturated heterocycles. The van der Waals surface area contributed by atoms with E-state index in [4.69, 9.17) is 41.9 Å². The van der Waals surface area contributed by atoms with E-state index in [1.165, 1.54) is 118 Å². The van der Waals surface area contributed by atoms with Gasteiger partial charge in [-0.05, 0) is 87.7 Å². The van der Waals surface area contributed by atoms with Gasteiger partial charge >= 0.3 is 22.3 Å². The van der Waals surface area contributed by atoms with E-state index in [-0.39, 0.29) is 51.0 Å². The van der Waals surface area contributed by atoms with Crippen LogP contribution in [0.5, 0.6) is 0 Å². The van der Waals surface area contributed by atoms with Crippen molar-refractivity contribution in [3.8, 4) is 0 Å². The summed E-state index contributed by atoms with van der Waals surface area (Å²) >= 11 is 0. The topological polar surface area (TPSA) is 284 Å². The Labute approximate surface area is 514 Å². The lowest BCUT2D eigenvalue weighted by Gasteiger charge is -2.49. The summed E-state index contributed by atoms with van der Waals surface area (Å²) in [5.74, 6) is -5.72. The molecule has 0 bridgehead atoms. The molecule has 20 nitrogen and oxygen atoms in total. The van der Waals surface area contributed by atoms with Gasteiger partial charge in [-0.15, -0.1) is 0 Å². The van der Waals surface area contributed by atoms with Gasteiger partial charge in [-0.1, -0.05) is 164 Å². The minimum atomic E-state index is -3.80. The van der Waals surface area contributed by atoms with Gasteiger partial charge in [0.15, 0.2) is 12.6 Å². The summed E-state index contributed by atoms with van der Waals surface area (Å²) in [5.41, 5.74) is -4.84. The number of unbranched alkanes of at least 4 members (excludes halogenated alkanes) is 18. The number of hydrogen-bond donors (Lipinski definition) is 6. The Balaban J connectivity index is 0.000000896. The van der Waals surface area contributed by atoms with Crippen molar-refractivity contribution in [3.05, 3.63) is 0 Å². The van der Waals surface area contributed by atoms with Crippen LogP contribution in [0.1, 0.15) is 251 Å². The van der Waals surface area contributed by atoms with Gasteiger partial charge in [0, 0.05) is 43.7 Å². The Kier molecular flexibility index (Phi) is 39.5. The van der Waals surface area contributed by atoms with Crippen LogP contribution in [0.25, 0.3) is 0 Å². The third-order valence-electron chi connectivity index (χ3n) is 17.6. The monoisotopic (exact) mass is 1240 g/mol. The molecule has 3 aliphatic heterocycles. The second kappa shape index (κ2) is 41.4. The summed E-state index contributed by atoms with van der Waals surface area (Å²) in [6.45, 7) is 22.9. The van der Waals surface area contributed by atoms with Gasteiger partial charge in [0.2, 0.25) is 0 Å². The van der Waals surface area contributed by atoms with Crippen molar-refractivity contribution in [2.45, 2.75) is 335 Å². The molecule has 0 saturated carbocycles. The summed E-state index contributed by atoms with van der Waals surface area (Å²) in [5, 5.41) is 65.3. The smallest absolute Gasteiger partial charge is 0.399 e. The summed E-state index contributed by atoms with van der Waals surface area (Å²) < 4.78 is 70.4. The molecule has 0 aromatic rings. The lowest BCUT2D eigenvalue weighted by atomic mass is 9.74. The van der Waals surface area contributed by atoms with E-state index in [2.05, 4.69) is 13.8 Å². The molecule has 0 radical (unpaired) electrons. The van der Waals surface area contributed by atoms with Crippen molar-refractivity contribution in [2.24, 2.45) is 23.7 Å². The molecule has 0 amide bonds. The molecular weight excluding hydrogens is 1120 g/mol.